The van der Waals surface area contributed by atoms with E-state index in [-0.39, 0.29) is 18.2 Å². The summed E-state index contributed by atoms with van der Waals surface area (Å²) < 4.78 is 11.1. The maximum atomic E-state index is 11.6. The van der Waals surface area contributed by atoms with Gasteiger partial charge in [0.1, 0.15) is 6.54 Å². The zero-order valence-corrected chi connectivity index (χ0v) is 10.3. The molecule has 2 heterocycles. The predicted octanol–water partition coefficient (Wildman–Crippen LogP) is 0.619. The van der Waals surface area contributed by atoms with Gasteiger partial charge in [0.2, 0.25) is 5.89 Å². The van der Waals surface area contributed by atoms with E-state index in [0.717, 1.165) is 0 Å². The van der Waals surface area contributed by atoms with E-state index < -0.39 is 5.97 Å². The Kier molecular flexibility index (Phi) is 3.35. The highest BCUT2D eigenvalue weighted by Crippen LogP contribution is 2.18. The molecule has 8 nitrogen and oxygen atoms in total. The van der Waals surface area contributed by atoms with Crippen LogP contribution < -0.4 is 0 Å². The van der Waals surface area contributed by atoms with Gasteiger partial charge in [-0.3, -0.25) is 0 Å². The van der Waals surface area contributed by atoms with Crippen molar-refractivity contribution in [3.05, 3.63) is 23.6 Å². The van der Waals surface area contributed by atoms with E-state index in [1.165, 1.54) is 13.4 Å². The van der Waals surface area contributed by atoms with Crippen LogP contribution in [0, 0.1) is 0 Å². The molecular weight excluding hydrogens is 238 g/mol. The van der Waals surface area contributed by atoms with Gasteiger partial charge in [-0.25, -0.2) is 9.48 Å². The van der Waals surface area contributed by atoms with Gasteiger partial charge in [-0.1, -0.05) is 24.2 Å². The first kappa shape index (κ1) is 12.2. The Morgan fingerprint density at radius 1 is 1.56 bits per heavy atom. The van der Waals surface area contributed by atoms with Crippen molar-refractivity contribution in [2.24, 2.45) is 0 Å². The number of carbonyl (C=O) groups excluding carboxylic acids is 1. The molecule has 0 amide bonds. The maximum absolute atomic E-state index is 11.6. The Hall–Kier alpha value is -2.25. The molecule has 0 saturated carbocycles. The number of methoxy groups -OCH3 is 1. The third-order valence-electron chi connectivity index (χ3n) is 2.39. The lowest BCUT2D eigenvalue weighted by Gasteiger charge is -2.08. The third kappa shape index (κ3) is 2.22. The van der Waals surface area contributed by atoms with Gasteiger partial charge in [-0.2, -0.15) is 4.98 Å². The van der Waals surface area contributed by atoms with Crippen molar-refractivity contribution in [1.82, 2.24) is 25.1 Å². The average molecular weight is 251 g/mol. The molecule has 0 N–H and O–H groups in total. The van der Waals surface area contributed by atoms with Crippen LogP contribution in [0.15, 0.2) is 10.9 Å². The van der Waals surface area contributed by atoms with Crippen LogP contribution in [0.5, 0.6) is 0 Å². The van der Waals surface area contributed by atoms with Gasteiger partial charge < -0.3 is 9.26 Å². The number of esters is 1. The van der Waals surface area contributed by atoms with Crippen molar-refractivity contribution in [3.8, 4) is 0 Å². The van der Waals surface area contributed by atoms with Crippen LogP contribution in [-0.2, 0) is 11.3 Å². The zero-order valence-electron chi connectivity index (χ0n) is 10.3. The largest absolute Gasteiger partial charge is 0.464 e. The number of rotatable bonds is 4. The molecule has 0 bridgehead atoms. The van der Waals surface area contributed by atoms with Crippen molar-refractivity contribution in [1.29, 1.82) is 0 Å². The number of carbonyl (C=O) groups is 1. The Balaban J connectivity index is 2.36. The minimum atomic E-state index is -0.504. The Labute approximate surface area is 103 Å². The van der Waals surface area contributed by atoms with E-state index in [1.54, 1.807) is 4.68 Å². The Morgan fingerprint density at radius 2 is 2.33 bits per heavy atom. The van der Waals surface area contributed by atoms with Gasteiger partial charge in [0.15, 0.2) is 12.0 Å². The van der Waals surface area contributed by atoms with Crippen molar-refractivity contribution < 1.29 is 14.1 Å². The van der Waals surface area contributed by atoms with E-state index in [0.29, 0.717) is 11.6 Å². The molecule has 96 valence electrons. The molecule has 0 aromatic carbocycles. The highest BCUT2D eigenvalue weighted by molar-refractivity contribution is 5.88. The third-order valence-corrected chi connectivity index (χ3v) is 2.39. The summed E-state index contributed by atoms with van der Waals surface area (Å²) in [6.07, 6.45) is 1.31. The Bertz CT molecular complexity index is 532. The molecule has 0 radical (unpaired) electrons. The van der Waals surface area contributed by atoms with Crippen molar-refractivity contribution in [2.75, 3.05) is 7.11 Å². The molecule has 0 spiro atoms. The fourth-order valence-electron chi connectivity index (χ4n) is 1.64. The summed E-state index contributed by atoms with van der Waals surface area (Å²) in [4.78, 5) is 15.5. The van der Waals surface area contributed by atoms with Crippen LogP contribution in [0.1, 0.15) is 41.8 Å². The summed E-state index contributed by atoms with van der Waals surface area (Å²) in [6, 6.07) is 0. The molecule has 0 saturated heterocycles. The van der Waals surface area contributed by atoms with Gasteiger partial charge in [0.25, 0.3) is 0 Å². The molecule has 8 heteroatoms. The summed E-state index contributed by atoms with van der Waals surface area (Å²) >= 11 is 0. The van der Waals surface area contributed by atoms with Crippen LogP contribution in [0.25, 0.3) is 0 Å². The molecule has 0 aliphatic heterocycles. The Morgan fingerprint density at radius 3 is 2.89 bits per heavy atom. The summed E-state index contributed by atoms with van der Waals surface area (Å²) in [7, 11) is 1.31. The number of hydrogen-bond donors (Lipinski definition) is 0. The fraction of sp³-hybridized carbons (Fsp3) is 0.500. The lowest BCUT2D eigenvalue weighted by Crippen LogP contribution is -2.12. The molecule has 2 aromatic heterocycles. The SMILES string of the molecule is COC(=O)c1nnn(Cc2ncno2)c1C(C)C. The second-order valence-corrected chi connectivity index (χ2v) is 3.96. The minimum absolute atomic E-state index is 0.0667. The van der Waals surface area contributed by atoms with Gasteiger partial charge in [-0.05, 0) is 5.92 Å². The summed E-state index contributed by atoms with van der Waals surface area (Å²) in [5, 5.41) is 11.3. The quantitative estimate of drug-likeness (QED) is 0.735. The van der Waals surface area contributed by atoms with E-state index in [4.69, 9.17) is 4.52 Å². The minimum Gasteiger partial charge on any atom is -0.464 e. The van der Waals surface area contributed by atoms with E-state index >= 15 is 0 Å². The first-order valence-electron chi connectivity index (χ1n) is 5.40. The van der Waals surface area contributed by atoms with Gasteiger partial charge >= 0.3 is 5.97 Å². The molecule has 0 aliphatic carbocycles. The normalized spacial score (nSPS) is 10.9. The number of nitrogens with zero attached hydrogens (tertiary/aromatic N) is 5. The molecular formula is C10H13N5O3. The van der Waals surface area contributed by atoms with Crippen LogP contribution in [0.2, 0.25) is 0 Å². The highest BCUT2D eigenvalue weighted by Gasteiger charge is 2.23. The number of ether oxygens (including phenoxy) is 1. The second kappa shape index (κ2) is 4.94. The monoisotopic (exact) mass is 251 g/mol. The molecule has 2 rings (SSSR count). The molecule has 2 aromatic rings. The second-order valence-electron chi connectivity index (χ2n) is 3.96. The zero-order chi connectivity index (χ0) is 13.1. The summed E-state index contributed by atoms with van der Waals surface area (Å²) in [5.41, 5.74) is 0.895. The molecule has 18 heavy (non-hydrogen) atoms. The fourth-order valence-corrected chi connectivity index (χ4v) is 1.64. The van der Waals surface area contributed by atoms with Crippen molar-refractivity contribution in [2.45, 2.75) is 26.3 Å². The van der Waals surface area contributed by atoms with E-state index in [9.17, 15) is 4.79 Å². The predicted molar refractivity (Wildman–Crippen MR) is 58.9 cm³/mol. The van der Waals surface area contributed by atoms with Gasteiger partial charge in [0, 0.05) is 0 Å². The van der Waals surface area contributed by atoms with Crippen LogP contribution in [-0.4, -0.2) is 38.2 Å². The topological polar surface area (TPSA) is 95.9 Å². The molecule has 0 fully saturated rings. The van der Waals surface area contributed by atoms with Crippen LogP contribution in [0.4, 0.5) is 0 Å². The molecule has 0 unspecified atom stereocenters. The van der Waals surface area contributed by atoms with Crippen LogP contribution in [0.3, 0.4) is 0 Å². The highest BCUT2D eigenvalue weighted by atomic mass is 16.5. The lowest BCUT2D eigenvalue weighted by atomic mass is 10.1. The maximum Gasteiger partial charge on any atom is 0.360 e. The van der Waals surface area contributed by atoms with E-state index in [1.807, 2.05) is 13.8 Å². The van der Waals surface area contributed by atoms with Gasteiger partial charge in [-0.15, -0.1) is 5.10 Å². The van der Waals surface area contributed by atoms with E-state index in [2.05, 4.69) is 25.2 Å². The van der Waals surface area contributed by atoms with Gasteiger partial charge in [0.05, 0.1) is 12.8 Å². The first-order valence-corrected chi connectivity index (χ1v) is 5.40. The standard InChI is InChI=1S/C10H13N5O3/c1-6(2)9-8(10(16)17-3)13-14-15(9)4-7-11-5-12-18-7/h5-6H,4H2,1-3H3. The first-order chi connectivity index (χ1) is 8.63. The number of hydrogen-bond acceptors (Lipinski definition) is 7. The van der Waals surface area contributed by atoms with Crippen molar-refractivity contribution >= 4 is 5.97 Å². The number of aromatic nitrogens is 5. The smallest absolute Gasteiger partial charge is 0.360 e. The van der Waals surface area contributed by atoms with Crippen LogP contribution >= 0.6 is 0 Å². The summed E-state index contributed by atoms with van der Waals surface area (Å²) in [6.45, 7) is 4.16. The molecule has 0 aliphatic rings. The average Bonchev–Trinajstić information content (AvgIpc) is 2.97. The summed E-state index contributed by atoms with van der Waals surface area (Å²) in [5.74, 6) is -0.0364. The molecule has 0 atom stereocenters. The van der Waals surface area contributed by atoms with Crippen molar-refractivity contribution in [3.63, 3.8) is 0 Å². The lowest BCUT2D eigenvalue weighted by molar-refractivity contribution is 0.0592.